The summed E-state index contributed by atoms with van der Waals surface area (Å²) in [5.74, 6) is 0. The van der Waals surface area contributed by atoms with E-state index in [0.717, 1.165) is 26.2 Å². The van der Waals surface area contributed by atoms with Gasteiger partial charge in [0.15, 0.2) is 0 Å². The van der Waals surface area contributed by atoms with Crippen LogP contribution in [0, 0.1) is 0 Å². The van der Waals surface area contributed by atoms with Gasteiger partial charge in [-0.3, -0.25) is 0 Å². The Labute approximate surface area is 107 Å². The zero-order chi connectivity index (χ0) is 12.9. The lowest BCUT2D eigenvalue weighted by molar-refractivity contribution is -0.00503. The molecule has 0 saturated heterocycles. The molecule has 0 aromatic carbocycles. The van der Waals surface area contributed by atoms with Crippen LogP contribution in [0.4, 0.5) is 0 Å². The molecular formula is C14H31NO2. The quantitative estimate of drug-likeness (QED) is 0.536. The van der Waals surface area contributed by atoms with Gasteiger partial charge in [0.05, 0.1) is 12.7 Å². The third kappa shape index (κ3) is 10.7. The maximum absolute atomic E-state index is 5.69. The monoisotopic (exact) mass is 245 g/mol. The molecule has 0 rings (SSSR count). The van der Waals surface area contributed by atoms with E-state index in [9.17, 15) is 0 Å². The summed E-state index contributed by atoms with van der Waals surface area (Å²) >= 11 is 0. The average Bonchev–Trinajstić information content (AvgIpc) is 2.35. The summed E-state index contributed by atoms with van der Waals surface area (Å²) in [6.45, 7) is 12.0. The van der Waals surface area contributed by atoms with Crippen LogP contribution in [0.25, 0.3) is 0 Å². The van der Waals surface area contributed by atoms with Crippen LogP contribution >= 0.6 is 0 Å². The van der Waals surface area contributed by atoms with E-state index < -0.39 is 0 Å². The SMILES string of the molecule is CCCNC(CC)CCCOC(C)COCC. The van der Waals surface area contributed by atoms with E-state index in [1.807, 2.05) is 6.92 Å². The zero-order valence-corrected chi connectivity index (χ0v) is 12.1. The molecule has 3 heteroatoms. The van der Waals surface area contributed by atoms with Crippen molar-refractivity contribution in [1.82, 2.24) is 5.32 Å². The molecule has 0 heterocycles. The minimum atomic E-state index is 0.221. The van der Waals surface area contributed by atoms with Crippen LogP contribution < -0.4 is 5.32 Å². The van der Waals surface area contributed by atoms with E-state index in [4.69, 9.17) is 9.47 Å². The summed E-state index contributed by atoms with van der Waals surface area (Å²) in [6.07, 6.45) is 4.97. The van der Waals surface area contributed by atoms with Gasteiger partial charge in [0, 0.05) is 19.3 Å². The largest absolute Gasteiger partial charge is 0.379 e. The zero-order valence-electron chi connectivity index (χ0n) is 12.1. The second-order valence-electron chi connectivity index (χ2n) is 4.54. The standard InChI is InChI=1S/C14H31NO2/c1-5-10-15-14(6-2)9-8-11-17-13(4)12-16-7-3/h13-15H,5-12H2,1-4H3. The highest BCUT2D eigenvalue weighted by Crippen LogP contribution is 2.03. The van der Waals surface area contributed by atoms with Crippen molar-refractivity contribution in [2.75, 3.05) is 26.4 Å². The number of hydrogen-bond donors (Lipinski definition) is 1. The molecule has 2 unspecified atom stereocenters. The molecule has 104 valence electrons. The molecule has 17 heavy (non-hydrogen) atoms. The second-order valence-corrected chi connectivity index (χ2v) is 4.54. The van der Waals surface area contributed by atoms with Crippen molar-refractivity contribution in [3.63, 3.8) is 0 Å². The van der Waals surface area contributed by atoms with Crippen LogP contribution in [0.15, 0.2) is 0 Å². The Balaban J connectivity index is 3.40. The van der Waals surface area contributed by atoms with Crippen LogP contribution in [0.1, 0.15) is 53.4 Å². The van der Waals surface area contributed by atoms with Gasteiger partial charge in [-0.25, -0.2) is 0 Å². The predicted molar refractivity (Wildman–Crippen MR) is 73.5 cm³/mol. The Kier molecular flexibility index (Phi) is 12.3. The number of ether oxygens (including phenoxy) is 2. The molecule has 0 amide bonds. The molecule has 0 aliphatic heterocycles. The third-order valence-corrected chi connectivity index (χ3v) is 2.83. The van der Waals surface area contributed by atoms with Crippen LogP contribution in [0.3, 0.4) is 0 Å². The Bertz CT molecular complexity index is 153. The van der Waals surface area contributed by atoms with Crippen LogP contribution in [0.5, 0.6) is 0 Å². The molecule has 3 nitrogen and oxygen atoms in total. The summed E-state index contributed by atoms with van der Waals surface area (Å²) in [6, 6.07) is 0.653. The van der Waals surface area contributed by atoms with E-state index in [1.54, 1.807) is 0 Å². The Hall–Kier alpha value is -0.120. The maximum atomic E-state index is 5.69. The van der Waals surface area contributed by atoms with E-state index >= 15 is 0 Å². The highest BCUT2D eigenvalue weighted by molar-refractivity contribution is 4.64. The first kappa shape index (κ1) is 16.9. The lowest BCUT2D eigenvalue weighted by Gasteiger charge is -2.17. The van der Waals surface area contributed by atoms with E-state index in [0.29, 0.717) is 12.6 Å². The first-order valence-corrected chi connectivity index (χ1v) is 7.17. The highest BCUT2D eigenvalue weighted by Gasteiger charge is 2.05. The molecule has 0 radical (unpaired) electrons. The van der Waals surface area contributed by atoms with E-state index in [1.165, 1.54) is 19.3 Å². The molecule has 0 aliphatic rings. The summed E-state index contributed by atoms with van der Waals surface area (Å²) in [5, 5.41) is 3.56. The molecule has 2 atom stereocenters. The van der Waals surface area contributed by atoms with Crippen molar-refractivity contribution in [1.29, 1.82) is 0 Å². The summed E-state index contributed by atoms with van der Waals surface area (Å²) in [7, 11) is 0. The maximum Gasteiger partial charge on any atom is 0.0780 e. The Morgan fingerprint density at radius 3 is 2.53 bits per heavy atom. The molecule has 1 N–H and O–H groups in total. The van der Waals surface area contributed by atoms with Gasteiger partial charge >= 0.3 is 0 Å². The van der Waals surface area contributed by atoms with Gasteiger partial charge in [-0.2, -0.15) is 0 Å². The summed E-state index contributed by atoms with van der Waals surface area (Å²) in [4.78, 5) is 0. The lowest BCUT2D eigenvalue weighted by Crippen LogP contribution is -2.29. The fraction of sp³-hybridized carbons (Fsp3) is 1.00. The summed E-state index contributed by atoms with van der Waals surface area (Å²) < 4.78 is 11.0. The fourth-order valence-electron chi connectivity index (χ4n) is 1.75. The van der Waals surface area contributed by atoms with Crippen molar-refractivity contribution < 1.29 is 9.47 Å². The smallest absolute Gasteiger partial charge is 0.0780 e. The molecule has 0 spiro atoms. The van der Waals surface area contributed by atoms with Crippen molar-refractivity contribution in [3.8, 4) is 0 Å². The van der Waals surface area contributed by atoms with Crippen molar-refractivity contribution in [2.24, 2.45) is 0 Å². The van der Waals surface area contributed by atoms with Gasteiger partial charge in [0.25, 0.3) is 0 Å². The van der Waals surface area contributed by atoms with Crippen LogP contribution in [-0.2, 0) is 9.47 Å². The highest BCUT2D eigenvalue weighted by atomic mass is 16.5. The molecule has 0 aromatic rings. The number of rotatable bonds is 12. The fourth-order valence-corrected chi connectivity index (χ4v) is 1.75. The van der Waals surface area contributed by atoms with Gasteiger partial charge in [0.1, 0.15) is 0 Å². The predicted octanol–water partition coefficient (Wildman–Crippen LogP) is 2.99. The van der Waals surface area contributed by atoms with E-state index in [-0.39, 0.29) is 6.10 Å². The lowest BCUT2D eigenvalue weighted by atomic mass is 10.1. The Morgan fingerprint density at radius 1 is 1.18 bits per heavy atom. The van der Waals surface area contributed by atoms with Crippen molar-refractivity contribution in [3.05, 3.63) is 0 Å². The van der Waals surface area contributed by atoms with Crippen molar-refractivity contribution in [2.45, 2.75) is 65.5 Å². The minimum absolute atomic E-state index is 0.221. The second kappa shape index (κ2) is 12.3. The van der Waals surface area contributed by atoms with Crippen molar-refractivity contribution >= 4 is 0 Å². The first-order chi connectivity index (χ1) is 8.24. The Morgan fingerprint density at radius 2 is 1.94 bits per heavy atom. The van der Waals surface area contributed by atoms with Crippen LogP contribution in [0.2, 0.25) is 0 Å². The third-order valence-electron chi connectivity index (χ3n) is 2.83. The number of hydrogen-bond acceptors (Lipinski definition) is 3. The van der Waals surface area contributed by atoms with Gasteiger partial charge in [-0.1, -0.05) is 13.8 Å². The normalized spacial score (nSPS) is 14.8. The van der Waals surface area contributed by atoms with Gasteiger partial charge in [-0.15, -0.1) is 0 Å². The molecular weight excluding hydrogens is 214 g/mol. The molecule has 0 bridgehead atoms. The molecule has 0 saturated carbocycles. The van der Waals surface area contributed by atoms with E-state index in [2.05, 4.69) is 26.1 Å². The average molecular weight is 245 g/mol. The first-order valence-electron chi connectivity index (χ1n) is 7.17. The number of nitrogens with one attached hydrogen (secondary N) is 1. The molecule has 0 fully saturated rings. The minimum Gasteiger partial charge on any atom is -0.379 e. The molecule has 0 aliphatic carbocycles. The van der Waals surface area contributed by atoms with Gasteiger partial charge < -0.3 is 14.8 Å². The van der Waals surface area contributed by atoms with Crippen LogP contribution in [-0.4, -0.2) is 38.5 Å². The molecule has 0 aromatic heterocycles. The van der Waals surface area contributed by atoms with Gasteiger partial charge in [0.2, 0.25) is 0 Å². The topological polar surface area (TPSA) is 30.5 Å². The van der Waals surface area contributed by atoms with Gasteiger partial charge in [-0.05, 0) is 46.1 Å². The summed E-state index contributed by atoms with van der Waals surface area (Å²) in [5.41, 5.74) is 0.